The van der Waals surface area contributed by atoms with Gasteiger partial charge in [0.05, 0.1) is 31.2 Å². The summed E-state index contributed by atoms with van der Waals surface area (Å²) in [5.41, 5.74) is 6.55. The number of ketones is 1. The number of aromatic amines is 1. The van der Waals surface area contributed by atoms with Crippen LogP contribution < -0.4 is 5.32 Å². The van der Waals surface area contributed by atoms with Gasteiger partial charge < -0.3 is 10.1 Å². The molecule has 3 aromatic carbocycles. The monoisotopic (exact) mass is 532 g/mol. The van der Waals surface area contributed by atoms with Gasteiger partial charge in [0.15, 0.2) is 5.78 Å². The number of aryl methyl sites for hydroxylation is 1. The standard InChI is InChI=1S/C32H32N6O2/c1-20-10-11-26-23(12-20)14-30(34-25-8-3-2-4-9-25)31(39)16-29-27(15-28(26)29)24(17-33)19-40-18-21-6-5-7-22(13-21)32-35-37-38-36-32/h2-13,24,27-30,34H,14-16,18-19H2,1H3,(H,35,36,37,38)/t24-,27?,28?,29?,30+/m1/s1. The zero-order chi connectivity index (χ0) is 27.5. The lowest BCUT2D eigenvalue weighted by molar-refractivity contribution is -0.123. The van der Waals surface area contributed by atoms with Gasteiger partial charge in [-0.25, -0.2) is 0 Å². The van der Waals surface area contributed by atoms with Crippen molar-refractivity contribution in [3.63, 3.8) is 0 Å². The molecule has 1 saturated carbocycles. The zero-order valence-electron chi connectivity index (χ0n) is 22.5. The number of carbonyl (C=O) groups excluding carboxylic acids is 1. The molecule has 8 nitrogen and oxygen atoms in total. The molecule has 202 valence electrons. The summed E-state index contributed by atoms with van der Waals surface area (Å²) < 4.78 is 6.07. The normalized spacial score (nSPS) is 22.6. The van der Waals surface area contributed by atoms with Crippen LogP contribution in [0.15, 0.2) is 72.8 Å². The maximum atomic E-state index is 13.6. The minimum Gasteiger partial charge on any atom is -0.375 e. The molecule has 2 aliphatic carbocycles. The number of hydrogen-bond acceptors (Lipinski definition) is 7. The molecule has 0 radical (unpaired) electrons. The highest BCUT2D eigenvalue weighted by molar-refractivity contribution is 5.88. The van der Waals surface area contributed by atoms with E-state index in [0.29, 0.717) is 37.8 Å². The average Bonchev–Trinajstić information content (AvgIpc) is 3.51. The lowest BCUT2D eigenvalue weighted by atomic mass is 9.55. The van der Waals surface area contributed by atoms with Gasteiger partial charge in [-0.1, -0.05) is 60.2 Å². The van der Waals surface area contributed by atoms with Crippen molar-refractivity contribution >= 4 is 11.5 Å². The van der Waals surface area contributed by atoms with Crippen molar-refractivity contribution in [1.29, 1.82) is 5.26 Å². The van der Waals surface area contributed by atoms with Crippen molar-refractivity contribution in [3.8, 4) is 17.5 Å². The van der Waals surface area contributed by atoms with E-state index in [1.54, 1.807) is 0 Å². The Balaban J connectivity index is 1.16. The molecule has 0 spiro atoms. The summed E-state index contributed by atoms with van der Waals surface area (Å²) in [7, 11) is 0. The number of nitrogens with one attached hydrogen (secondary N) is 2. The Morgan fingerprint density at radius 3 is 2.77 bits per heavy atom. The molecule has 3 unspecified atom stereocenters. The van der Waals surface area contributed by atoms with Crippen LogP contribution in [0, 0.1) is 36.0 Å². The number of aromatic nitrogens is 4. The van der Waals surface area contributed by atoms with Crippen molar-refractivity contribution in [2.24, 2.45) is 17.8 Å². The van der Waals surface area contributed by atoms with Gasteiger partial charge in [0, 0.05) is 17.7 Å². The quantitative estimate of drug-likeness (QED) is 0.318. The molecule has 4 aromatic rings. The number of H-pyrrole nitrogens is 1. The van der Waals surface area contributed by atoms with Crippen LogP contribution in [0.25, 0.3) is 11.4 Å². The first-order chi connectivity index (χ1) is 19.6. The zero-order valence-corrected chi connectivity index (χ0v) is 22.5. The predicted octanol–water partition coefficient (Wildman–Crippen LogP) is 5.25. The van der Waals surface area contributed by atoms with Gasteiger partial charge in [-0.2, -0.15) is 10.5 Å². The van der Waals surface area contributed by atoms with Gasteiger partial charge >= 0.3 is 0 Å². The maximum absolute atomic E-state index is 13.6. The SMILES string of the molecule is Cc1ccc2c(c1)C[C@H](Nc1ccccc1)C(=O)CC1C2CC1[C@H](C#N)COCc1cccc(-c2nn[nH]n2)c1. The van der Waals surface area contributed by atoms with Crippen LogP contribution in [0.3, 0.4) is 0 Å². The average molecular weight is 533 g/mol. The molecule has 0 saturated heterocycles. The number of Topliss-reactive ketones (excluding diaryl/α,β-unsaturated/α-hetero) is 1. The summed E-state index contributed by atoms with van der Waals surface area (Å²) in [6.45, 7) is 2.81. The molecule has 0 bridgehead atoms. The third-order valence-corrected chi connectivity index (χ3v) is 8.43. The van der Waals surface area contributed by atoms with Gasteiger partial charge in [-0.05, 0) is 77.6 Å². The van der Waals surface area contributed by atoms with Crippen molar-refractivity contribution in [3.05, 3.63) is 95.1 Å². The van der Waals surface area contributed by atoms with E-state index in [1.807, 2.05) is 54.6 Å². The highest BCUT2D eigenvalue weighted by Gasteiger charge is 2.48. The number of ether oxygens (including phenoxy) is 1. The Morgan fingerprint density at radius 1 is 1.10 bits per heavy atom. The van der Waals surface area contributed by atoms with E-state index in [1.165, 1.54) is 16.7 Å². The van der Waals surface area contributed by atoms with Crippen LogP contribution in [0.5, 0.6) is 0 Å². The van der Waals surface area contributed by atoms with Gasteiger partial charge in [0.25, 0.3) is 0 Å². The number of carbonyl (C=O) groups is 1. The third-order valence-electron chi connectivity index (χ3n) is 8.43. The lowest BCUT2D eigenvalue weighted by Gasteiger charge is -2.49. The molecule has 2 N–H and O–H groups in total. The van der Waals surface area contributed by atoms with Gasteiger partial charge in [-0.15, -0.1) is 10.2 Å². The summed E-state index contributed by atoms with van der Waals surface area (Å²) in [5.74, 6) is 1.01. The molecule has 5 atom stereocenters. The molecule has 1 heterocycles. The topological polar surface area (TPSA) is 117 Å². The highest BCUT2D eigenvalue weighted by Crippen LogP contribution is 2.54. The number of fused-ring (bicyclic) bond motifs is 3. The van der Waals surface area contributed by atoms with E-state index in [9.17, 15) is 10.1 Å². The molecule has 2 aliphatic rings. The fourth-order valence-corrected chi connectivity index (χ4v) is 6.35. The molecular formula is C32H32N6O2. The number of para-hydroxylation sites is 1. The fraction of sp³-hybridized carbons (Fsp3) is 0.344. The van der Waals surface area contributed by atoms with Crippen molar-refractivity contribution < 1.29 is 9.53 Å². The van der Waals surface area contributed by atoms with E-state index < -0.39 is 0 Å². The van der Waals surface area contributed by atoms with Crippen LogP contribution in [0.1, 0.15) is 41.0 Å². The number of nitrogens with zero attached hydrogens (tertiary/aromatic N) is 4. The number of anilines is 1. The number of tetrazole rings is 1. The van der Waals surface area contributed by atoms with Crippen LogP contribution in [0.4, 0.5) is 5.69 Å². The third kappa shape index (κ3) is 5.38. The first-order valence-electron chi connectivity index (χ1n) is 13.8. The van der Waals surface area contributed by atoms with Gasteiger partial charge in [0.1, 0.15) is 0 Å². The van der Waals surface area contributed by atoms with Crippen LogP contribution in [-0.4, -0.2) is 39.1 Å². The molecule has 0 aliphatic heterocycles. The summed E-state index contributed by atoms with van der Waals surface area (Å²) in [4.78, 5) is 13.6. The fourth-order valence-electron chi connectivity index (χ4n) is 6.35. The van der Waals surface area contributed by atoms with Gasteiger partial charge in [-0.3, -0.25) is 4.79 Å². The Labute approximate surface area is 233 Å². The van der Waals surface area contributed by atoms with Gasteiger partial charge in [0.2, 0.25) is 5.82 Å². The Morgan fingerprint density at radius 2 is 1.98 bits per heavy atom. The number of hydrogen-bond donors (Lipinski definition) is 2. The minimum atomic E-state index is -0.298. The molecular weight excluding hydrogens is 500 g/mol. The molecule has 1 fully saturated rings. The molecule has 40 heavy (non-hydrogen) atoms. The number of rotatable bonds is 8. The Bertz CT molecular complexity index is 1510. The van der Waals surface area contributed by atoms with Crippen molar-refractivity contribution in [2.75, 3.05) is 11.9 Å². The second-order valence-corrected chi connectivity index (χ2v) is 11.0. The van der Waals surface area contributed by atoms with Crippen LogP contribution in [-0.2, 0) is 22.6 Å². The second kappa shape index (κ2) is 11.4. The molecule has 8 heteroatoms. The van der Waals surface area contributed by atoms with E-state index in [4.69, 9.17) is 4.74 Å². The van der Waals surface area contributed by atoms with Crippen molar-refractivity contribution in [2.45, 2.75) is 44.8 Å². The summed E-state index contributed by atoms with van der Waals surface area (Å²) in [6.07, 6.45) is 2.05. The summed E-state index contributed by atoms with van der Waals surface area (Å²) >= 11 is 0. The molecule has 0 amide bonds. The van der Waals surface area contributed by atoms with E-state index >= 15 is 0 Å². The lowest BCUT2D eigenvalue weighted by Crippen LogP contribution is -2.46. The summed E-state index contributed by atoms with van der Waals surface area (Å²) in [6, 6.07) is 26.6. The van der Waals surface area contributed by atoms with Crippen LogP contribution in [0.2, 0.25) is 0 Å². The van der Waals surface area contributed by atoms with E-state index in [-0.39, 0.29) is 29.6 Å². The second-order valence-electron chi connectivity index (χ2n) is 11.0. The first-order valence-corrected chi connectivity index (χ1v) is 13.8. The summed E-state index contributed by atoms with van der Waals surface area (Å²) in [5, 5.41) is 27.8. The Hall–Kier alpha value is -4.35. The number of nitriles is 1. The predicted molar refractivity (Wildman–Crippen MR) is 151 cm³/mol. The van der Waals surface area contributed by atoms with E-state index in [2.05, 4.69) is 57.1 Å². The maximum Gasteiger partial charge on any atom is 0.204 e. The first kappa shape index (κ1) is 25.9. The molecule has 1 aromatic heterocycles. The van der Waals surface area contributed by atoms with Crippen LogP contribution >= 0.6 is 0 Å². The number of benzene rings is 3. The molecule has 6 rings (SSSR count). The largest absolute Gasteiger partial charge is 0.375 e. The smallest absolute Gasteiger partial charge is 0.204 e. The Kier molecular flexibility index (Phi) is 7.39. The van der Waals surface area contributed by atoms with E-state index in [0.717, 1.165) is 23.2 Å². The minimum absolute atomic E-state index is 0.120. The highest BCUT2D eigenvalue weighted by atomic mass is 16.5. The van der Waals surface area contributed by atoms with Crippen molar-refractivity contribution in [1.82, 2.24) is 20.6 Å².